The molecule has 1 N–H and O–H groups in total. The van der Waals surface area contributed by atoms with E-state index in [9.17, 15) is 9.59 Å². The summed E-state index contributed by atoms with van der Waals surface area (Å²) in [5, 5.41) is 8.54. The molecule has 1 amide bonds. The summed E-state index contributed by atoms with van der Waals surface area (Å²) in [6, 6.07) is 18.8. The molecular formula is C21H18N4O2. The van der Waals surface area contributed by atoms with E-state index in [1.807, 2.05) is 67.6 Å². The largest absolute Gasteiger partial charge is 0.280 e. The molecular weight excluding hydrogens is 340 g/mol. The fourth-order valence-electron chi connectivity index (χ4n) is 3.11. The van der Waals surface area contributed by atoms with Gasteiger partial charge in [-0.05, 0) is 44.2 Å². The molecule has 0 spiro atoms. The highest BCUT2D eigenvalue weighted by molar-refractivity contribution is 6.32. The molecule has 0 radical (unpaired) electrons. The van der Waals surface area contributed by atoms with Crippen LogP contribution in [0.2, 0.25) is 0 Å². The molecule has 0 atom stereocenters. The zero-order valence-electron chi connectivity index (χ0n) is 15.0. The Hall–Kier alpha value is -3.67. The van der Waals surface area contributed by atoms with Crippen molar-refractivity contribution in [2.24, 2.45) is 5.10 Å². The third kappa shape index (κ3) is 2.91. The van der Waals surface area contributed by atoms with Crippen LogP contribution < -0.4 is 10.6 Å². The minimum Gasteiger partial charge on any atom is -0.267 e. The lowest BCUT2D eigenvalue weighted by molar-refractivity contribution is -0.114. The van der Waals surface area contributed by atoms with Crippen molar-refractivity contribution in [3.63, 3.8) is 0 Å². The molecule has 4 rings (SSSR count). The van der Waals surface area contributed by atoms with Crippen LogP contribution >= 0.6 is 0 Å². The van der Waals surface area contributed by atoms with Gasteiger partial charge in [-0.25, -0.2) is 0 Å². The predicted molar refractivity (Wildman–Crippen MR) is 106 cm³/mol. The molecule has 0 fully saturated rings. The minimum absolute atomic E-state index is 0.245. The second-order valence-electron chi connectivity index (χ2n) is 6.31. The van der Waals surface area contributed by atoms with E-state index in [4.69, 9.17) is 0 Å². The molecule has 6 heteroatoms. The van der Waals surface area contributed by atoms with Gasteiger partial charge in [0.25, 0.3) is 11.5 Å². The summed E-state index contributed by atoms with van der Waals surface area (Å²) in [4.78, 5) is 25.3. The molecule has 0 saturated carbocycles. The van der Waals surface area contributed by atoms with Crippen LogP contribution in [0.4, 0.5) is 5.69 Å². The zero-order chi connectivity index (χ0) is 19.0. The summed E-state index contributed by atoms with van der Waals surface area (Å²) < 4.78 is 1.72. The first kappa shape index (κ1) is 16.8. The van der Waals surface area contributed by atoms with Crippen LogP contribution in [0, 0.1) is 6.92 Å². The highest BCUT2D eigenvalue weighted by atomic mass is 16.2. The monoisotopic (exact) mass is 358 g/mol. The average molecular weight is 358 g/mol. The van der Waals surface area contributed by atoms with Crippen LogP contribution in [0.3, 0.4) is 0 Å². The molecule has 0 saturated heterocycles. The maximum atomic E-state index is 12.8. The number of nitrogens with one attached hydrogen (secondary N) is 1. The van der Waals surface area contributed by atoms with Gasteiger partial charge in [0.05, 0.1) is 33.9 Å². The van der Waals surface area contributed by atoms with Crippen LogP contribution in [0.5, 0.6) is 0 Å². The summed E-state index contributed by atoms with van der Waals surface area (Å²) in [5.74, 6) is -0.245. The van der Waals surface area contributed by atoms with Gasteiger partial charge in [0.2, 0.25) is 0 Å². The summed E-state index contributed by atoms with van der Waals surface area (Å²) in [6.07, 6.45) is 1.62. The van der Waals surface area contributed by atoms with E-state index in [1.165, 1.54) is 5.01 Å². The molecule has 2 aromatic carbocycles. The van der Waals surface area contributed by atoms with Crippen LogP contribution in [0.1, 0.15) is 18.2 Å². The Morgan fingerprint density at radius 3 is 2.11 bits per heavy atom. The smallest absolute Gasteiger partial charge is 0.267 e. The van der Waals surface area contributed by atoms with Gasteiger partial charge in [-0.3, -0.25) is 19.4 Å². The molecule has 1 aromatic heterocycles. The molecule has 0 bridgehead atoms. The molecule has 0 aliphatic carbocycles. The quantitative estimate of drug-likeness (QED) is 0.730. The average Bonchev–Trinajstić information content (AvgIpc) is 3.14. The normalized spacial score (nSPS) is 15.5. The van der Waals surface area contributed by atoms with Crippen LogP contribution in [-0.4, -0.2) is 21.4 Å². The number of para-hydroxylation sites is 2. The molecule has 6 nitrogen and oxygen atoms in total. The molecule has 1 aliphatic heterocycles. The second-order valence-corrected chi connectivity index (χ2v) is 6.31. The maximum Gasteiger partial charge on any atom is 0.280 e. The van der Waals surface area contributed by atoms with Gasteiger partial charge in [-0.2, -0.15) is 10.1 Å². The highest BCUT2D eigenvalue weighted by Crippen LogP contribution is 2.25. The summed E-state index contributed by atoms with van der Waals surface area (Å²) in [7, 11) is 0. The number of hydrogen-bond acceptors (Lipinski definition) is 3. The number of carbonyl (C=O) groups excluding carboxylic acids is 1. The SMILES string of the molecule is CC1=NN(c2ccccc2)C(=O)/C1=C\c1c(C)n(-c2ccccc2)[nH]c1=O. The van der Waals surface area contributed by atoms with E-state index in [2.05, 4.69) is 10.2 Å². The van der Waals surface area contributed by atoms with Crippen LogP contribution in [0.25, 0.3) is 11.8 Å². The lowest BCUT2D eigenvalue weighted by Crippen LogP contribution is -2.21. The number of aromatic amines is 1. The number of aromatic nitrogens is 2. The van der Waals surface area contributed by atoms with Gasteiger partial charge in [0.1, 0.15) is 0 Å². The molecule has 0 unspecified atom stereocenters. The summed E-state index contributed by atoms with van der Waals surface area (Å²) >= 11 is 0. The van der Waals surface area contributed by atoms with Crippen LogP contribution in [-0.2, 0) is 4.79 Å². The maximum absolute atomic E-state index is 12.8. The van der Waals surface area contributed by atoms with E-state index in [0.29, 0.717) is 22.5 Å². The van der Waals surface area contributed by atoms with Crippen molar-refractivity contribution in [2.75, 3.05) is 5.01 Å². The number of carbonyl (C=O) groups is 1. The number of benzene rings is 2. The number of hydrogen-bond donors (Lipinski definition) is 1. The number of H-pyrrole nitrogens is 1. The van der Waals surface area contributed by atoms with Gasteiger partial charge < -0.3 is 0 Å². The summed E-state index contributed by atoms with van der Waals surface area (Å²) in [5.41, 5.74) is 3.48. The van der Waals surface area contributed by atoms with Gasteiger partial charge in [-0.1, -0.05) is 36.4 Å². The van der Waals surface area contributed by atoms with Crippen molar-refractivity contribution in [2.45, 2.75) is 13.8 Å². The number of hydrazone groups is 1. The van der Waals surface area contributed by atoms with Crippen molar-refractivity contribution >= 4 is 23.4 Å². The number of anilines is 1. The lowest BCUT2D eigenvalue weighted by atomic mass is 10.1. The van der Waals surface area contributed by atoms with Crippen molar-refractivity contribution in [3.8, 4) is 5.69 Å². The Labute approximate surface area is 156 Å². The predicted octanol–water partition coefficient (Wildman–Crippen LogP) is 3.28. The Morgan fingerprint density at radius 1 is 0.889 bits per heavy atom. The zero-order valence-corrected chi connectivity index (χ0v) is 15.0. The van der Waals surface area contributed by atoms with Crippen molar-refractivity contribution in [3.05, 3.63) is 87.8 Å². The minimum atomic E-state index is -0.248. The van der Waals surface area contributed by atoms with E-state index in [0.717, 1.165) is 11.4 Å². The van der Waals surface area contributed by atoms with Gasteiger partial charge in [0, 0.05) is 0 Å². The third-order valence-corrected chi connectivity index (χ3v) is 4.55. The van der Waals surface area contributed by atoms with E-state index >= 15 is 0 Å². The Morgan fingerprint density at radius 2 is 1.48 bits per heavy atom. The fourth-order valence-corrected chi connectivity index (χ4v) is 3.11. The molecule has 27 heavy (non-hydrogen) atoms. The number of rotatable bonds is 3. The molecule has 1 aliphatic rings. The van der Waals surface area contributed by atoms with Crippen LogP contribution in [0.15, 0.2) is 76.1 Å². The van der Waals surface area contributed by atoms with Crippen molar-refractivity contribution in [1.82, 2.24) is 9.78 Å². The number of nitrogens with zero attached hydrogens (tertiary/aromatic N) is 3. The van der Waals surface area contributed by atoms with Gasteiger partial charge in [-0.15, -0.1) is 0 Å². The standard InChI is InChI=1S/C21H18N4O2/c1-14-18(21(27)25(22-14)17-11-7-4-8-12-17)13-19-15(2)24(23-20(19)26)16-9-5-3-6-10-16/h3-13H,1-2H3,(H,23,26)/b18-13-. The third-order valence-electron chi connectivity index (χ3n) is 4.55. The van der Waals surface area contributed by atoms with Gasteiger partial charge in [0.15, 0.2) is 0 Å². The van der Waals surface area contributed by atoms with E-state index < -0.39 is 0 Å². The first-order valence-corrected chi connectivity index (χ1v) is 8.60. The number of amides is 1. The van der Waals surface area contributed by atoms with E-state index in [-0.39, 0.29) is 11.5 Å². The first-order chi connectivity index (χ1) is 13.1. The Bertz CT molecular complexity index is 1120. The van der Waals surface area contributed by atoms with Crippen molar-refractivity contribution < 1.29 is 4.79 Å². The molecule has 3 aromatic rings. The highest BCUT2D eigenvalue weighted by Gasteiger charge is 2.29. The topological polar surface area (TPSA) is 70.5 Å². The lowest BCUT2D eigenvalue weighted by Gasteiger charge is -2.10. The fraction of sp³-hybridized carbons (Fsp3) is 0.0952. The van der Waals surface area contributed by atoms with Gasteiger partial charge >= 0.3 is 0 Å². The molecule has 134 valence electrons. The van der Waals surface area contributed by atoms with E-state index in [1.54, 1.807) is 17.7 Å². The Kier molecular flexibility index (Phi) is 4.08. The summed E-state index contributed by atoms with van der Waals surface area (Å²) in [6.45, 7) is 3.61. The first-order valence-electron chi connectivity index (χ1n) is 8.60. The van der Waals surface area contributed by atoms with Crippen molar-refractivity contribution in [1.29, 1.82) is 0 Å². The Balaban J connectivity index is 1.75. The molecule has 2 heterocycles. The second kappa shape index (κ2) is 6.57.